The Hall–Kier alpha value is -2.15. The molecule has 1 aliphatic heterocycles. The van der Waals surface area contributed by atoms with Gasteiger partial charge >= 0.3 is 5.69 Å². The molecular formula is C14H19N3O4. The Morgan fingerprint density at radius 2 is 2.29 bits per heavy atom. The van der Waals surface area contributed by atoms with Crippen LogP contribution in [0.5, 0.6) is 5.75 Å². The fourth-order valence-electron chi connectivity index (χ4n) is 2.53. The number of piperidine rings is 1. The summed E-state index contributed by atoms with van der Waals surface area (Å²) in [6.07, 6.45) is 2.05. The van der Waals surface area contributed by atoms with Crippen LogP contribution in [-0.2, 0) is 4.79 Å². The van der Waals surface area contributed by atoms with Gasteiger partial charge in [0.25, 0.3) is 0 Å². The molecule has 7 nitrogen and oxygen atoms in total. The summed E-state index contributed by atoms with van der Waals surface area (Å²) >= 11 is 0. The zero-order chi connectivity index (χ0) is 15.4. The van der Waals surface area contributed by atoms with Gasteiger partial charge in [-0.25, -0.2) is 0 Å². The van der Waals surface area contributed by atoms with E-state index in [1.807, 2.05) is 6.92 Å². The van der Waals surface area contributed by atoms with E-state index in [0.29, 0.717) is 5.69 Å². The number of nitrogens with one attached hydrogen (secondary N) is 2. The third-order valence-corrected chi connectivity index (χ3v) is 3.70. The van der Waals surface area contributed by atoms with Gasteiger partial charge in [0.1, 0.15) is 0 Å². The first-order valence-electron chi connectivity index (χ1n) is 6.89. The maximum atomic E-state index is 12.2. The van der Waals surface area contributed by atoms with E-state index in [9.17, 15) is 14.9 Å². The lowest BCUT2D eigenvalue weighted by atomic mass is 9.92. The fraction of sp³-hybridized carbons (Fsp3) is 0.500. The highest BCUT2D eigenvalue weighted by atomic mass is 16.6. The topological polar surface area (TPSA) is 93.5 Å². The summed E-state index contributed by atoms with van der Waals surface area (Å²) in [6, 6.07) is 4.12. The number of hydrogen-bond acceptors (Lipinski definition) is 5. The van der Waals surface area contributed by atoms with Crippen LogP contribution in [0, 0.1) is 16.0 Å². The van der Waals surface area contributed by atoms with Gasteiger partial charge in [0.15, 0.2) is 5.75 Å². The van der Waals surface area contributed by atoms with Crippen molar-refractivity contribution < 1.29 is 14.5 Å². The van der Waals surface area contributed by atoms with Crippen LogP contribution in [0.4, 0.5) is 11.4 Å². The van der Waals surface area contributed by atoms with Gasteiger partial charge in [-0.1, -0.05) is 6.92 Å². The van der Waals surface area contributed by atoms with E-state index in [-0.39, 0.29) is 29.3 Å². The maximum absolute atomic E-state index is 12.2. The highest BCUT2D eigenvalue weighted by molar-refractivity contribution is 5.95. The maximum Gasteiger partial charge on any atom is 0.312 e. The molecule has 0 aliphatic carbocycles. The summed E-state index contributed by atoms with van der Waals surface area (Å²) in [6.45, 7) is 2.83. The molecule has 1 aliphatic rings. The van der Waals surface area contributed by atoms with Crippen LogP contribution in [0.2, 0.25) is 0 Å². The van der Waals surface area contributed by atoms with Crippen molar-refractivity contribution in [1.82, 2.24) is 5.32 Å². The highest BCUT2D eigenvalue weighted by Crippen LogP contribution is 2.30. The number of ether oxygens (including phenoxy) is 1. The monoisotopic (exact) mass is 293 g/mol. The molecular weight excluding hydrogens is 274 g/mol. The third-order valence-electron chi connectivity index (χ3n) is 3.70. The lowest BCUT2D eigenvalue weighted by Gasteiger charge is -2.28. The quantitative estimate of drug-likeness (QED) is 0.653. The van der Waals surface area contributed by atoms with Crippen LogP contribution in [0.25, 0.3) is 0 Å². The summed E-state index contributed by atoms with van der Waals surface area (Å²) in [5, 5.41) is 16.9. The summed E-state index contributed by atoms with van der Waals surface area (Å²) < 4.78 is 4.93. The van der Waals surface area contributed by atoms with Crippen LogP contribution in [0.15, 0.2) is 18.2 Å². The molecule has 0 spiro atoms. The van der Waals surface area contributed by atoms with Crippen molar-refractivity contribution in [3.8, 4) is 5.75 Å². The molecule has 1 aromatic rings. The van der Waals surface area contributed by atoms with E-state index in [2.05, 4.69) is 10.6 Å². The normalized spacial score (nSPS) is 21.6. The summed E-state index contributed by atoms with van der Waals surface area (Å²) in [4.78, 5) is 22.7. The molecule has 21 heavy (non-hydrogen) atoms. The van der Waals surface area contributed by atoms with Crippen molar-refractivity contribution >= 4 is 17.3 Å². The third kappa shape index (κ3) is 3.49. The SMILES string of the molecule is COc1ccc(NC(=O)C2NCCCC2C)cc1[N+](=O)[O-]. The number of nitro groups is 1. The Morgan fingerprint density at radius 3 is 2.90 bits per heavy atom. The van der Waals surface area contributed by atoms with E-state index >= 15 is 0 Å². The number of nitrogens with zero attached hydrogens (tertiary/aromatic N) is 1. The van der Waals surface area contributed by atoms with E-state index in [4.69, 9.17) is 4.74 Å². The van der Waals surface area contributed by atoms with Crippen molar-refractivity contribution in [2.45, 2.75) is 25.8 Å². The number of methoxy groups -OCH3 is 1. The Bertz CT molecular complexity index is 547. The zero-order valence-corrected chi connectivity index (χ0v) is 12.1. The molecule has 0 saturated carbocycles. The second-order valence-corrected chi connectivity index (χ2v) is 5.18. The largest absolute Gasteiger partial charge is 0.490 e. The molecule has 2 rings (SSSR count). The summed E-state index contributed by atoms with van der Waals surface area (Å²) in [5.74, 6) is 0.246. The van der Waals surface area contributed by atoms with Gasteiger partial charge in [-0.3, -0.25) is 14.9 Å². The van der Waals surface area contributed by atoms with Crippen LogP contribution in [0.3, 0.4) is 0 Å². The number of rotatable bonds is 4. The predicted molar refractivity (Wildman–Crippen MR) is 78.5 cm³/mol. The smallest absolute Gasteiger partial charge is 0.312 e. The number of carbonyl (C=O) groups excluding carboxylic acids is 1. The van der Waals surface area contributed by atoms with Crippen molar-refractivity contribution in [3.05, 3.63) is 28.3 Å². The van der Waals surface area contributed by atoms with Crippen LogP contribution < -0.4 is 15.4 Å². The van der Waals surface area contributed by atoms with Gasteiger partial charge < -0.3 is 15.4 Å². The average molecular weight is 293 g/mol. The number of benzene rings is 1. The molecule has 1 aromatic carbocycles. The molecule has 0 aromatic heterocycles. The van der Waals surface area contributed by atoms with Crippen LogP contribution in [-0.4, -0.2) is 30.5 Å². The summed E-state index contributed by atoms with van der Waals surface area (Å²) in [7, 11) is 1.37. The average Bonchev–Trinajstić information content (AvgIpc) is 2.47. The molecule has 114 valence electrons. The Labute approximate surface area is 122 Å². The molecule has 2 atom stereocenters. The van der Waals surface area contributed by atoms with Gasteiger partial charge in [-0.15, -0.1) is 0 Å². The highest BCUT2D eigenvalue weighted by Gasteiger charge is 2.27. The predicted octanol–water partition coefficient (Wildman–Crippen LogP) is 1.93. The molecule has 0 bridgehead atoms. The molecule has 1 amide bonds. The van der Waals surface area contributed by atoms with E-state index < -0.39 is 4.92 Å². The lowest BCUT2D eigenvalue weighted by Crippen LogP contribution is -2.48. The van der Waals surface area contributed by atoms with Crippen LogP contribution >= 0.6 is 0 Å². The molecule has 1 heterocycles. The van der Waals surface area contributed by atoms with E-state index in [0.717, 1.165) is 19.4 Å². The van der Waals surface area contributed by atoms with Crippen LogP contribution in [0.1, 0.15) is 19.8 Å². The fourth-order valence-corrected chi connectivity index (χ4v) is 2.53. The minimum atomic E-state index is -0.532. The van der Waals surface area contributed by atoms with Gasteiger partial charge in [0, 0.05) is 11.8 Å². The number of nitro benzene ring substituents is 1. The number of carbonyl (C=O) groups is 1. The molecule has 1 fully saturated rings. The van der Waals surface area contributed by atoms with Crippen molar-refractivity contribution in [2.24, 2.45) is 5.92 Å². The van der Waals surface area contributed by atoms with Gasteiger partial charge in [0.2, 0.25) is 5.91 Å². The molecule has 2 unspecified atom stereocenters. The Kier molecular flexibility index (Phi) is 4.74. The van der Waals surface area contributed by atoms with E-state index in [1.165, 1.54) is 19.2 Å². The van der Waals surface area contributed by atoms with Crippen molar-refractivity contribution in [1.29, 1.82) is 0 Å². The molecule has 1 saturated heterocycles. The van der Waals surface area contributed by atoms with Gasteiger partial charge in [-0.2, -0.15) is 0 Å². The number of amides is 1. The second kappa shape index (κ2) is 6.53. The first-order valence-corrected chi connectivity index (χ1v) is 6.89. The number of anilines is 1. The minimum absolute atomic E-state index is 0.165. The van der Waals surface area contributed by atoms with Crippen molar-refractivity contribution in [2.75, 3.05) is 19.0 Å². The second-order valence-electron chi connectivity index (χ2n) is 5.18. The lowest BCUT2D eigenvalue weighted by molar-refractivity contribution is -0.385. The first kappa shape index (κ1) is 15.2. The Balaban J connectivity index is 2.13. The van der Waals surface area contributed by atoms with Crippen molar-refractivity contribution in [3.63, 3.8) is 0 Å². The molecule has 7 heteroatoms. The molecule has 2 N–H and O–H groups in total. The Morgan fingerprint density at radius 1 is 1.52 bits per heavy atom. The minimum Gasteiger partial charge on any atom is -0.490 e. The van der Waals surface area contributed by atoms with Gasteiger partial charge in [-0.05, 0) is 37.4 Å². The standard InChI is InChI=1S/C14H19N3O4/c1-9-4-3-7-15-13(9)14(18)16-10-5-6-12(21-2)11(8-10)17(19)20/h5-6,8-9,13,15H,3-4,7H2,1-2H3,(H,16,18). The van der Waals surface area contributed by atoms with Gasteiger partial charge in [0.05, 0.1) is 18.1 Å². The first-order chi connectivity index (χ1) is 10.0. The summed E-state index contributed by atoms with van der Waals surface area (Å²) in [5.41, 5.74) is 0.229. The number of hydrogen-bond donors (Lipinski definition) is 2. The van der Waals surface area contributed by atoms with E-state index in [1.54, 1.807) is 6.07 Å². The molecule has 0 radical (unpaired) electrons. The zero-order valence-electron chi connectivity index (χ0n) is 12.1.